The van der Waals surface area contributed by atoms with Crippen molar-refractivity contribution in [3.05, 3.63) is 18.0 Å². The number of imidazole rings is 1. The summed E-state index contributed by atoms with van der Waals surface area (Å²) in [6, 6.07) is 2.94. The maximum Gasteiger partial charge on any atom is 0.422 e. The molecule has 2 aromatic rings. The van der Waals surface area contributed by atoms with E-state index in [4.69, 9.17) is 0 Å². The predicted octanol–water partition coefficient (Wildman–Crippen LogP) is 2.21. The molecule has 0 bridgehead atoms. The molecule has 4 nitrogen and oxygen atoms in total. The number of pyridine rings is 1. The molecule has 0 saturated carbocycles. The van der Waals surface area contributed by atoms with Crippen LogP contribution in [0.15, 0.2) is 12.1 Å². The summed E-state index contributed by atoms with van der Waals surface area (Å²) in [5, 5.41) is 0. The second-order valence-electron chi connectivity index (χ2n) is 3.25. The van der Waals surface area contributed by atoms with Crippen molar-refractivity contribution in [3.63, 3.8) is 0 Å². The molecule has 0 atom stereocenters. The van der Waals surface area contributed by atoms with Gasteiger partial charge >= 0.3 is 6.18 Å². The number of nitrogens with one attached hydrogen (secondary N) is 1. The lowest BCUT2D eigenvalue weighted by Crippen LogP contribution is -2.19. The third-order valence-corrected chi connectivity index (χ3v) is 1.82. The van der Waals surface area contributed by atoms with Crippen LogP contribution >= 0.6 is 0 Å². The fourth-order valence-corrected chi connectivity index (χ4v) is 1.23. The summed E-state index contributed by atoms with van der Waals surface area (Å²) in [7, 11) is 0. The molecule has 0 spiro atoms. The first kappa shape index (κ1) is 10.7. The lowest BCUT2D eigenvalue weighted by Gasteiger charge is -2.07. The van der Waals surface area contributed by atoms with Crippen LogP contribution in [-0.2, 0) is 0 Å². The monoisotopic (exact) mass is 231 g/mol. The number of halogens is 3. The number of alkyl halides is 3. The number of aromatic nitrogens is 3. The van der Waals surface area contributed by atoms with Gasteiger partial charge in [0.2, 0.25) is 5.88 Å². The number of hydrogen-bond acceptors (Lipinski definition) is 3. The molecule has 0 amide bonds. The molecule has 0 aliphatic carbocycles. The van der Waals surface area contributed by atoms with Crippen LogP contribution in [0, 0.1) is 6.92 Å². The second-order valence-corrected chi connectivity index (χ2v) is 3.25. The van der Waals surface area contributed by atoms with Gasteiger partial charge in [0.25, 0.3) is 0 Å². The van der Waals surface area contributed by atoms with Gasteiger partial charge in [-0.1, -0.05) is 0 Å². The van der Waals surface area contributed by atoms with Crippen molar-refractivity contribution < 1.29 is 17.9 Å². The van der Waals surface area contributed by atoms with Gasteiger partial charge in [0.05, 0.1) is 5.52 Å². The maximum atomic E-state index is 11.9. The molecule has 2 heterocycles. The highest BCUT2D eigenvalue weighted by Gasteiger charge is 2.28. The number of rotatable bonds is 2. The summed E-state index contributed by atoms with van der Waals surface area (Å²) in [6.45, 7) is 0.382. The predicted molar refractivity (Wildman–Crippen MR) is 50.2 cm³/mol. The molecule has 7 heteroatoms. The summed E-state index contributed by atoms with van der Waals surface area (Å²) in [4.78, 5) is 10.7. The quantitative estimate of drug-likeness (QED) is 0.862. The number of aryl methyl sites for hydroxylation is 1. The molecular formula is C9H8F3N3O. The summed E-state index contributed by atoms with van der Waals surface area (Å²) in [5.41, 5.74) is 1.01. The van der Waals surface area contributed by atoms with Crippen molar-refractivity contribution in [1.29, 1.82) is 0 Å². The molecule has 0 radical (unpaired) electrons. The minimum absolute atomic E-state index is 0.0867. The fourth-order valence-electron chi connectivity index (χ4n) is 1.23. The molecule has 0 fully saturated rings. The Bertz CT molecular complexity index is 506. The maximum absolute atomic E-state index is 11.9. The number of ether oxygens (including phenoxy) is 1. The van der Waals surface area contributed by atoms with Crippen molar-refractivity contribution >= 4 is 11.2 Å². The van der Waals surface area contributed by atoms with Gasteiger partial charge in [0, 0.05) is 6.07 Å². The average molecular weight is 231 g/mol. The van der Waals surface area contributed by atoms with Gasteiger partial charge in [-0.25, -0.2) is 4.98 Å². The van der Waals surface area contributed by atoms with Crippen LogP contribution in [-0.4, -0.2) is 27.7 Å². The molecule has 2 aromatic heterocycles. The molecule has 0 unspecified atom stereocenters. The van der Waals surface area contributed by atoms with Crippen molar-refractivity contribution in [2.75, 3.05) is 6.61 Å². The van der Waals surface area contributed by atoms with Crippen LogP contribution in [0.25, 0.3) is 11.2 Å². The zero-order valence-electron chi connectivity index (χ0n) is 8.30. The SMILES string of the molecule is Cc1nc2nc(OCC(F)(F)F)ccc2[nH]1. The summed E-state index contributed by atoms with van der Waals surface area (Å²) >= 11 is 0. The van der Waals surface area contributed by atoms with E-state index in [1.807, 2.05) is 0 Å². The number of H-pyrrole nitrogens is 1. The van der Waals surface area contributed by atoms with Crippen LogP contribution in [0.1, 0.15) is 5.82 Å². The van der Waals surface area contributed by atoms with E-state index in [1.165, 1.54) is 6.07 Å². The van der Waals surface area contributed by atoms with E-state index < -0.39 is 12.8 Å². The number of aromatic amines is 1. The number of fused-ring (bicyclic) bond motifs is 1. The van der Waals surface area contributed by atoms with Crippen molar-refractivity contribution in [3.8, 4) is 5.88 Å². The Kier molecular flexibility index (Phi) is 2.45. The highest BCUT2D eigenvalue weighted by atomic mass is 19.4. The molecule has 0 saturated heterocycles. The van der Waals surface area contributed by atoms with Gasteiger partial charge in [-0.05, 0) is 13.0 Å². The van der Waals surface area contributed by atoms with Crippen molar-refractivity contribution in [2.24, 2.45) is 0 Å². The van der Waals surface area contributed by atoms with Crippen LogP contribution < -0.4 is 4.74 Å². The van der Waals surface area contributed by atoms with Gasteiger partial charge in [-0.2, -0.15) is 18.2 Å². The zero-order chi connectivity index (χ0) is 11.8. The second kappa shape index (κ2) is 3.66. The van der Waals surface area contributed by atoms with E-state index in [9.17, 15) is 13.2 Å². The fraction of sp³-hybridized carbons (Fsp3) is 0.333. The minimum Gasteiger partial charge on any atom is -0.468 e. The Hall–Kier alpha value is -1.79. The summed E-state index contributed by atoms with van der Waals surface area (Å²) in [6.07, 6.45) is -4.36. The first-order chi connectivity index (χ1) is 7.44. The average Bonchev–Trinajstić information content (AvgIpc) is 2.52. The molecule has 16 heavy (non-hydrogen) atoms. The minimum atomic E-state index is -4.36. The molecule has 2 rings (SSSR count). The zero-order valence-corrected chi connectivity index (χ0v) is 8.30. The lowest BCUT2D eigenvalue weighted by atomic mass is 10.4. The first-order valence-corrected chi connectivity index (χ1v) is 4.47. The third-order valence-electron chi connectivity index (χ3n) is 1.82. The van der Waals surface area contributed by atoms with Gasteiger partial charge < -0.3 is 9.72 Å². The van der Waals surface area contributed by atoms with Gasteiger partial charge in [-0.3, -0.25) is 0 Å². The van der Waals surface area contributed by atoms with Gasteiger partial charge in [-0.15, -0.1) is 0 Å². The van der Waals surface area contributed by atoms with E-state index in [2.05, 4.69) is 19.7 Å². The molecule has 0 aromatic carbocycles. The van der Waals surface area contributed by atoms with Crippen LogP contribution in [0.3, 0.4) is 0 Å². The third kappa shape index (κ3) is 2.41. The number of nitrogens with zero attached hydrogens (tertiary/aromatic N) is 2. The Morgan fingerprint density at radius 1 is 1.31 bits per heavy atom. The van der Waals surface area contributed by atoms with Gasteiger partial charge in [0.15, 0.2) is 12.3 Å². The van der Waals surface area contributed by atoms with Crippen molar-refractivity contribution in [1.82, 2.24) is 15.0 Å². The lowest BCUT2D eigenvalue weighted by molar-refractivity contribution is -0.154. The number of hydrogen-bond donors (Lipinski definition) is 1. The highest BCUT2D eigenvalue weighted by molar-refractivity contribution is 5.71. The van der Waals surface area contributed by atoms with Crippen molar-refractivity contribution in [2.45, 2.75) is 13.1 Å². The Morgan fingerprint density at radius 3 is 2.75 bits per heavy atom. The Labute approximate surface area is 88.5 Å². The van der Waals surface area contributed by atoms with E-state index in [0.717, 1.165) is 0 Å². The normalized spacial score (nSPS) is 12.0. The van der Waals surface area contributed by atoms with Crippen LogP contribution in [0.5, 0.6) is 5.88 Å². The molecule has 1 N–H and O–H groups in total. The first-order valence-electron chi connectivity index (χ1n) is 4.47. The molecular weight excluding hydrogens is 223 g/mol. The molecule has 0 aliphatic heterocycles. The standard InChI is InChI=1S/C9H8F3N3O/c1-5-13-6-2-3-7(15-8(6)14-5)16-4-9(10,11)12/h2-3H,4H2,1H3,(H,13,14,15). The summed E-state index contributed by atoms with van der Waals surface area (Å²) in [5.74, 6) is 0.562. The van der Waals surface area contributed by atoms with E-state index in [1.54, 1.807) is 13.0 Å². The largest absolute Gasteiger partial charge is 0.468 e. The molecule has 86 valence electrons. The van der Waals surface area contributed by atoms with Crippen LogP contribution in [0.4, 0.5) is 13.2 Å². The smallest absolute Gasteiger partial charge is 0.422 e. The van der Waals surface area contributed by atoms with E-state index in [0.29, 0.717) is 17.0 Å². The Morgan fingerprint density at radius 2 is 2.06 bits per heavy atom. The molecule has 0 aliphatic rings. The summed E-state index contributed by atoms with van der Waals surface area (Å²) < 4.78 is 40.2. The van der Waals surface area contributed by atoms with E-state index >= 15 is 0 Å². The highest BCUT2D eigenvalue weighted by Crippen LogP contribution is 2.18. The van der Waals surface area contributed by atoms with E-state index in [-0.39, 0.29) is 5.88 Å². The Balaban J connectivity index is 2.19. The van der Waals surface area contributed by atoms with Crippen LogP contribution in [0.2, 0.25) is 0 Å². The topological polar surface area (TPSA) is 50.8 Å². The van der Waals surface area contributed by atoms with Gasteiger partial charge in [0.1, 0.15) is 5.82 Å².